The number of benzene rings is 1. The number of ether oxygens (including phenoxy) is 5. The number of halogens is 3. The molecule has 0 bridgehead atoms. The van der Waals surface area contributed by atoms with E-state index in [4.69, 9.17) is 23.7 Å². The number of rotatable bonds is 13. The highest BCUT2D eigenvalue weighted by Gasteiger charge is 2.27. The zero-order valence-corrected chi connectivity index (χ0v) is 23.0. The molecule has 40 heavy (non-hydrogen) atoms. The summed E-state index contributed by atoms with van der Waals surface area (Å²) in [5, 5.41) is 0. The van der Waals surface area contributed by atoms with E-state index >= 15 is 0 Å². The predicted octanol–water partition coefficient (Wildman–Crippen LogP) is 4.31. The molecule has 0 radical (unpaired) electrons. The van der Waals surface area contributed by atoms with E-state index in [1.165, 1.54) is 12.3 Å². The summed E-state index contributed by atoms with van der Waals surface area (Å²) in [5.74, 6) is -1.62. The van der Waals surface area contributed by atoms with Crippen LogP contribution in [0, 0.1) is 0 Å². The first-order chi connectivity index (χ1) is 18.6. The number of nitrogens with zero attached hydrogens (tertiary/aromatic N) is 2. The van der Waals surface area contributed by atoms with E-state index in [-0.39, 0.29) is 37.8 Å². The molecule has 0 amide bonds. The lowest BCUT2D eigenvalue weighted by Crippen LogP contribution is -2.31. The van der Waals surface area contributed by atoms with Gasteiger partial charge in [-0.25, -0.2) is 9.78 Å². The Hall–Kier alpha value is -3.90. The van der Waals surface area contributed by atoms with Gasteiger partial charge in [0.15, 0.2) is 0 Å². The molecule has 2 rings (SSSR count). The first kappa shape index (κ1) is 32.3. The molecule has 0 aliphatic rings. The maximum atomic E-state index is 12.5. The van der Waals surface area contributed by atoms with E-state index in [1.807, 2.05) is 0 Å². The van der Waals surface area contributed by atoms with Gasteiger partial charge in [-0.3, -0.25) is 9.59 Å². The van der Waals surface area contributed by atoms with Gasteiger partial charge in [0.25, 0.3) is 0 Å². The molecule has 0 saturated carbocycles. The highest BCUT2D eigenvalue weighted by Crippen LogP contribution is 2.25. The molecule has 1 aromatic carbocycles. The summed E-state index contributed by atoms with van der Waals surface area (Å²) in [5.41, 5.74) is 0.614. The van der Waals surface area contributed by atoms with Crippen LogP contribution in [0.4, 0.5) is 13.2 Å². The van der Waals surface area contributed by atoms with E-state index in [2.05, 4.69) is 9.97 Å². The highest BCUT2D eigenvalue weighted by atomic mass is 19.4. The van der Waals surface area contributed by atoms with Crippen molar-refractivity contribution in [2.24, 2.45) is 0 Å². The van der Waals surface area contributed by atoms with Crippen LogP contribution in [-0.2, 0) is 48.0 Å². The van der Waals surface area contributed by atoms with Crippen LogP contribution in [0.25, 0.3) is 0 Å². The fourth-order valence-electron chi connectivity index (χ4n) is 3.33. The molecule has 0 spiro atoms. The van der Waals surface area contributed by atoms with E-state index in [0.717, 1.165) is 6.92 Å². The Morgan fingerprint density at radius 1 is 1.05 bits per heavy atom. The molecule has 0 N–H and O–H groups in total. The van der Waals surface area contributed by atoms with Gasteiger partial charge >= 0.3 is 30.1 Å². The first-order valence-electron chi connectivity index (χ1n) is 12.5. The van der Waals surface area contributed by atoms with Crippen molar-refractivity contribution in [3.05, 3.63) is 47.3 Å². The predicted molar refractivity (Wildman–Crippen MR) is 134 cm³/mol. The number of hydrogen-bond donors (Lipinski definition) is 0. The molecule has 0 aliphatic carbocycles. The second-order valence-corrected chi connectivity index (χ2v) is 9.59. The number of esters is 3. The van der Waals surface area contributed by atoms with Gasteiger partial charge in [-0.1, -0.05) is 12.1 Å². The number of aromatic nitrogens is 2. The summed E-state index contributed by atoms with van der Waals surface area (Å²) in [6.07, 6.45) is -5.67. The molecule has 13 heteroatoms. The van der Waals surface area contributed by atoms with Gasteiger partial charge < -0.3 is 23.7 Å². The van der Waals surface area contributed by atoms with E-state index in [9.17, 15) is 27.6 Å². The Balaban J connectivity index is 2.27. The Morgan fingerprint density at radius 2 is 1.77 bits per heavy atom. The molecule has 0 saturated heterocycles. The molecule has 0 unspecified atom stereocenters. The molecular formula is C27H33F3N2O8. The molecule has 220 valence electrons. The van der Waals surface area contributed by atoms with Gasteiger partial charge in [0, 0.05) is 19.5 Å². The average molecular weight is 571 g/mol. The molecule has 1 atom stereocenters. The third-order valence-electron chi connectivity index (χ3n) is 4.84. The second-order valence-electron chi connectivity index (χ2n) is 9.59. The maximum absolute atomic E-state index is 12.5. The summed E-state index contributed by atoms with van der Waals surface area (Å²) in [6.45, 7) is 7.31. The maximum Gasteiger partial charge on any atom is 0.392 e. The number of carbonyl (C=O) groups excluding carboxylic acids is 3. The Bertz CT molecular complexity index is 1170. The molecule has 10 nitrogen and oxygen atoms in total. The number of carbonyl (C=O) groups is 3. The summed E-state index contributed by atoms with van der Waals surface area (Å²) in [7, 11) is 0. The van der Waals surface area contributed by atoms with Crippen molar-refractivity contribution in [1.29, 1.82) is 0 Å². The molecule has 0 fully saturated rings. The van der Waals surface area contributed by atoms with Crippen molar-refractivity contribution >= 4 is 17.9 Å². The standard InChI is InChI=1S/C27H33F3N2O8/c1-6-36-24(35)22(39-17(2)33)15-19-13-18(14-23(34)40-26(3,4)5)7-8-21(19)38-16-20-9-11-31-25(32-20)37-12-10-27(28,29)30/h7-9,11,13,22H,6,10,12,14-16H2,1-5H3/t22-/m1/s1. The van der Waals surface area contributed by atoms with Crippen molar-refractivity contribution in [3.63, 3.8) is 0 Å². The van der Waals surface area contributed by atoms with E-state index in [1.54, 1.807) is 45.9 Å². The van der Waals surface area contributed by atoms with Crippen LogP contribution in [0.2, 0.25) is 0 Å². The van der Waals surface area contributed by atoms with Crippen LogP contribution in [0.1, 0.15) is 57.9 Å². The Labute approximate surface area is 230 Å². The summed E-state index contributed by atoms with van der Waals surface area (Å²) >= 11 is 0. The van der Waals surface area contributed by atoms with Crippen molar-refractivity contribution in [2.75, 3.05) is 13.2 Å². The lowest BCUT2D eigenvalue weighted by atomic mass is 10.0. The minimum absolute atomic E-state index is 0.0628. The summed E-state index contributed by atoms with van der Waals surface area (Å²) in [6, 6.07) is 6.09. The monoisotopic (exact) mass is 570 g/mol. The van der Waals surface area contributed by atoms with Crippen LogP contribution in [0.3, 0.4) is 0 Å². The van der Waals surface area contributed by atoms with Crippen molar-refractivity contribution in [3.8, 4) is 11.8 Å². The van der Waals surface area contributed by atoms with Gasteiger partial charge in [0.1, 0.15) is 24.6 Å². The van der Waals surface area contributed by atoms with Crippen molar-refractivity contribution in [1.82, 2.24) is 9.97 Å². The minimum atomic E-state index is -4.37. The van der Waals surface area contributed by atoms with Crippen LogP contribution in [0.5, 0.6) is 11.8 Å². The molecule has 2 aromatic rings. The van der Waals surface area contributed by atoms with Crippen LogP contribution in [0.15, 0.2) is 30.5 Å². The third-order valence-corrected chi connectivity index (χ3v) is 4.84. The summed E-state index contributed by atoms with van der Waals surface area (Å²) in [4.78, 5) is 44.3. The fourth-order valence-corrected chi connectivity index (χ4v) is 3.33. The molecule has 1 heterocycles. The Kier molecular flexibility index (Phi) is 11.7. The molecule has 0 aliphatic heterocycles. The highest BCUT2D eigenvalue weighted by molar-refractivity contribution is 5.79. The third kappa shape index (κ3) is 12.3. The normalized spacial score (nSPS) is 12.3. The molecule has 1 aromatic heterocycles. The zero-order chi connectivity index (χ0) is 29.9. The van der Waals surface area contributed by atoms with Crippen LogP contribution >= 0.6 is 0 Å². The number of hydrogen-bond acceptors (Lipinski definition) is 10. The van der Waals surface area contributed by atoms with Gasteiger partial charge in [-0.2, -0.15) is 18.2 Å². The smallest absolute Gasteiger partial charge is 0.392 e. The molecular weight excluding hydrogens is 537 g/mol. The zero-order valence-electron chi connectivity index (χ0n) is 23.0. The quantitative estimate of drug-likeness (QED) is 0.254. The number of alkyl halides is 3. The topological polar surface area (TPSA) is 123 Å². The lowest BCUT2D eigenvalue weighted by Gasteiger charge is -2.20. The van der Waals surface area contributed by atoms with Gasteiger partial charge in [0.05, 0.1) is 25.1 Å². The first-order valence-corrected chi connectivity index (χ1v) is 12.5. The Morgan fingerprint density at radius 3 is 2.40 bits per heavy atom. The average Bonchev–Trinajstić information content (AvgIpc) is 2.81. The minimum Gasteiger partial charge on any atom is -0.487 e. The van der Waals surface area contributed by atoms with Crippen LogP contribution in [-0.4, -0.2) is 59.0 Å². The van der Waals surface area contributed by atoms with E-state index in [0.29, 0.717) is 16.8 Å². The van der Waals surface area contributed by atoms with Gasteiger partial charge in [-0.15, -0.1) is 0 Å². The fraction of sp³-hybridized carbons (Fsp3) is 0.519. The second kappa shape index (κ2) is 14.5. The van der Waals surface area contributed by atoms with Gasteiger partial charge in [0.2, 0.25) is 6.10 Å². The SMILES string of the molecule is CCOC(=O)[C@@H](Cc1cc(CC(=O)OC(C)(C)C)ccc1OCc1ccnc(OCCC(F)(F)F)n1)OC(C)=O. The van der Waals surface area contributed by atoms with Crippen molar-refractivity contribution in [2.45, 2.75) is 78.4 Å². The van der Waals surface area contributed by atoms with E-state index < -0.39 is 48.8 Å². The van der Waals surface area contributed by atoms with Crippen LogP contribution < -0.4 is 9.47 Å². The van der Waals surface area contributed by atoms with Gasteiger partial charge in [-0.05, 0) is 51.0 Å². The summed E-state index contributed by atoms with van der Waals surface area (Å²) < 4.78 is 63.6. The lowest BCUT2D eigenvalue weighted by molar-refractivity contribution is -0.166. The largest absolute Gasteiger partial charge is 0.487 e. The van der Waals surface area contributed by atoms with Crippen molar-refractivity contribution < 1.29 is 51.2 Å².